The first kappa shape index (κ1) is 15.9. The van der Waals surface area contributed by atoms with E-state index in [1.54, 1.807) is 6.92 Å². The van der Waals surface area contributed by atoms with Crippen molar-refractivity contribution in [2.75, 3.05) is 13.1 Å². The third-order valence-corrected chi connectivity index (χ3v) is 4.28. The molecule has 0 bridgehead atoms. The maximum atomic E-state index is 11.7. The van der Waals surface area contributed by atoms with Crippen LogP contribution in [-0.2, 0) is 5.60 Å². The zero-order valence-electron chi connectivity index (χ0n) is 13.2. The van der Waals surface area contributed by atoms with Crippen LogP contribution >= 0.6 is 0 Å². The van der Waals surface area contributed by atoms with Gasteiger partial charge in [0.2, 0.25) is 0 Å². The van der Waals surface area contributed by atoms with Crippen molar-refractivity contribution in [3.8, 4) is 0 Å². The maximum absolute atomic E-state index is 11.7. The van der Waals surface area contributed by atoms with Crippen LogP contribution in [0.15, 0.2) is 10.5 Å². The molecule has 0 spiro atoms. The number of amides is 2. The van der Waals surface area contributed by atoms with Gasteiger partial charge in [0.25, 0.3) is 0 Å². The molecule has 1 aromatic heterocycles. The third-order valence-electron chi connectivity index (χ3n) is 4.28. The number of hydrogen-bond acceptors (Lipinski definition) is 3. The Hall–Kier alpha value is -1.49. The van der Waals surface area contributed by atoms with Crippen LogP contribution in [0.25, 0.3) is 0 Å². The second-order valence-corrected chi connectivity index (χ2v) is 6.30. The summed E-state index contributed by atoms with van der Waals surface area (Å²) in [4.78, 5) is 11.7. The van der Waals surface area contributed by atoms with Crippen LogP contribution in [0.5, 0.6) is 0 Å². The van der Waals surface area contributed by atoms with Crippen LogP contribution in [0.4, 0.5) is 4.79 Å². The Balaban J connectivity index is 1.75. The summed E-state index contributed by atoms with van der Waals surface area (Å²) in [5.74, 6) is 2.22. The van der Waals surface area contributed by atoms with Gasteiger partial charge in [-0.15, -0.1) is 0 Å². The van der Waals surface area contributed by atoms with Crippen LogP contribution in [0.1, 0.15) is 49.7 Å². The number of carbonyl (C=O) groups is 1. The summed E-state index contributed by atoms with van der Waals surface area (Å²) in [6.45, 7) is 6.19. The fraction of sp³-hybridized carbons (Fsp3) is 0.688. The Labute approximate surface area is 126 Å². The zero-order valence-corrected chi connectivity index (χ0v) is 13.2. The summed E-state index contributed by atoms with van der Waals surface area (Å²) in [7, 11) is 0. The highest BCUT2D eigenvalue weighted by atomic mass is 16.3. The molecule has 0 aromatic carbocycles. The van der Waals surface area contributed by atoms with Gasteiger partial charge in [0.15, 0.2) is 0 Å². The van der Waals surface area contributed by atoms with Gasteiger partial charge in [-0.25, -0.2) is 4.79 Å². The molecule has 1 atom stereocenters. The zero-order chi connectivity index (χ0) is 15.5. The molecule has 0 saturated heterocycles. The molecular formula is C16H26N2O3. The van der Waals surface area contributed by atoms with E-state index >= 15 is 0 Å². The lowest BCUT2D eigenvalue weighted by molar-refractivity contribution is 0.0578. The van der Waals surface area contributed by atoms with E-state index in [4.69, 9.17) is 4.42 Å². The highest BCUT2D eigenvalue weighted by Crippen LogP contribution is 2.28. The number of urea groups is 1. The second kappa shape index (κ2) is 6.52. The molecule has 1 aliphatic carbocycles. The van der Waals surface area contributed by atoms with E-state index in [-0.39, 0.29) is 12.6 Å². The van der Waals surface area contributed by atoms with Crippen molar-refractivity contribution in [3.63, 3.8) is 0 Å². The van der Waals surface area contributed by atoms with Crippen molar-refractivity contribution < 1.29 is 14.3 Å². The average molecular weight is 294 g/mol. The molecule has 0 radical (unpaired) electrons. The van der Waals surface area contributed by atoms with Crippen molar-refractivity contribution >= 4 is 6.03 Å². The van der Waals surface area contributed by atoms with E-state index < -0.39 is 5.60 Å². The smallest absolute Gasteiger partial charge is 0.314 e. The van der Waals surface area contributed by atoms with Crippen LogP contribution in [0.3, 0.4) is 0 Å². The Bertz CT molecular complexity index is 490. The van der Waals surface area contributed by atoms with Gasteiger partial charge in [-0.1, -0.05) is 19.3 Å². The molecule has 1 saturated carbocycles. The van der Waals surface area contributed by atoms with Crippen LogP contribution < -0.4 is 10.6 Å². The molecule has 3 N–H and O–H groups in total. The highest BCUT2D eigenvalue weighted by Gasteiger charge is 2.28. The lowest BCUT2D eigenvalue weighted by Crippen LogP contribution is -2.44. The molecule has 2 rings (SSSR count). The predicted molar refractivity (Wildman–Crippen MR) is 81.1 cm³/mol. The molecule has 0 aliphatic heterocycles. The van der Waals surface area contributed by atoms with Gasteiger partial charge in [-0.05, 0) is 39.2 Å². The molecule has 1 fully saturated rings. The minimum Gasteiger partial charge on any atom is -0.466 e. The van der Waals surface area contributed by atoms with Gasteiger partial charge in [0.05, 0.1) is 6.54 Å². The summed E-state index contributed by atoms with van der Waals surface area (Å²) in [5.41, 5.74) is -0.414. The van der Waals surface area contributed by atoms with Crippen molar-refractivity contribution in [2.45, 2.75) is 52.1 Å². The van der Waals surface area contributed by atoms with Gasteiger partial charge < -0.3 is 20.2 Å². The van der Waals surface area contributed by atoms with E-state index in [0.717, 1.165) is 23.7 Å². The number of hydrogen-bond donors (Lipinski definition) is 3. The van der Waals surface area contributed by atoms with Crippen LogP contribution in [-0.4, -0.2) is 24.2 Å². The summed E-state index contributed by atoms with van der Waals surface area (Å²) < 4.78 is 5.43. The largest absolute Gasteiger partial charge is 0.466 e. The molecule has 5 heteroatoms. The number of carbonyl (C=O) groups excluding carboxylic acids is 1. The van der Waals surface area contributed by atoms with E-state index in [1.807, 2.05) is 19.9 Å². The highest BCUT2D eigenvalue weighted by molar-refractivity contribution is 5.73. The van der Waals surface area contributed by atoms with Crippen molar-refractivity contribution in [1.29, 1.82) is 0 Å². The quantitative estimate of drug-likeness (QED) is 0.755. The fourth-order valence-corrected chi connectivity index (χ4v) is 2.75. The molecule has 2 amide bonds. The number of nitrogens with one attached hydrogen (secondary N) is 2. The van der Waals surface area contributed by atoms with E-state index in [9.17, 15) is 9.90 Å². The second-order valence-electron chi connectivity index (χ2n) is 6.30. The summed E-state index contributed by atoms with van der Waals surface area (Å²) in [6, 6.07) is 1.58. The summed E-state index contributed by atoms with van der Waals surface area (Å²) >= 11 is 0. The fourth-order valence-electron chi connectivity index (χ4n) is 2.75. The first-order valence-corrected chi connectivity index (χ1v) is 7.70. The predicted octanol–water partition coefficient (Wildman–Crippen LogP) is 2.59. The molecule has 118 valence electrons. The lowest BCUT2D eigenvalue weighted by Gasteiger charge is -2.26. The maximum Gasteiger partial charge on any atom is 0.314 e. The van der Waals surface area contributed by atoms with Crippen LogP contribution in [0, 0.1) is 19.8 Å². The first-order chi connectivity index (χ1) is 9.88. The molecule has 5 nitrogen and oxygen atoms in total. The van der Waals surface area contributed by atoms with Gasteiger partial charge in [-0.3, -0.25) is 0 Å². The Morgan fingerprint density at radius 2 is 2.14 bits per heavy atom. The minimum absolute atomic E-state index is 0.155. The number of aryl methyl sites for hydroxylation is 2. The first-order valence-electron chi connectivity index (χ1n) is 7.70. The summed E-state index contributed by atoms with van der Waals surface area (Å²) in [5, 5.41) is 16.1. The van der Waals surface area contributed by atoms with Crippen molar-refractivity contribution in [2.24, 2.45) is 5.92 Å². The Kier molecular flexibility index (Phi) is 4.93. The van der Waals surface area contributed by atoms with Crippen molar-refractivity contribution in [1.82, 2.24) is 10.6 Å². The van der Waals surface area contributed by atoms with Gasteiger partial charge in [-0.2, -0.15) is 0 Å². The van der Waals surface area contributed by atoms with Gasteiger partial charge in [0.1, 0.15) is 17.1 Å². The average Bonchev–Trinajstić information content (AvgIpc) is 2.70. The van der Waals surface area contributed by atoms with E-state index in [0.29, 0.717) is 12.3 Å². The standard InChI is InChI=1S/C16H26N2O3/c1-11-9-14(12(2)21-11)16(3,20)10-18-15(19)17-8-7-13-5-4-6-13/h9,13,20H,4-8,10H2,1-3H3,(H2,17,18,19). The molecular weight excluding hydrogens is 268 g/mol. The molecule has 21 heavy (non-hydrogen) atoms. The lowest BCUT2D eigenvalue weighted by atomic mass is 9.83. The molecule has 1 unspecified atom stereocenters. The van der Waals surface area contributed by atoms with Gasteiger partial charge >= 0.3 is 6.03 Å². The molecule has 1 aliphatic rings. The van der Waals surface area contributed by atoms with E-state index in [1.165, 1.54) is 19.3 Å². The Morgan fingerprint density at radius 3 is 2.67 bits per heavy atom. The third kappa shape index (κ3) is 4.24. The SMILES string of the molecule is Cc1cc(C(C)(O)CNC(=O)NCCC2CCC2)c(C)o1. The van der Waals surface area contributed by atoms with Crippen LogP contribution in [0.2, 0.25) is 0 Å². The number of aliphatic hydroxyl groups is 1. The molecule has 1 aromatic rings. The van der Waals surface area contributed by atoms with E-state index in [2.05, 4.69) is 10.6 Å². The normalized spacial score (nSPS) is 17.9. The topological polar surface area (TPSA) is 74.5 Å². The number of rotatable bonds is 6. The minimum atomic E-state index is -1.13. The number of furan rings is 1. The van der Waals surface area contributed by atoms with Gasteiger partial charge in [0, 0.05) is 12.1 Å². The monoisotopic (exact) mass is 294 g/mol. The summed E-state index contributed by atoms with van der Waals surface area (Å²) in [6.07, 6.45) is 4.95. The Morgan fingerprint density at radius 1 is 1.43 bits per heavy atom. The van der Waals surface area contributed by atoms with Crippen molar-refractivity contribution in [3.05, 3.63) is 23.2 Å². The molecule has 1 heterocycles.